The maximum atomic E-state index is 12.8. The molecule has 1 aromatic carbocycles. The van der Waals surface area contributed by atoms with Crippen molar-refractivity contribution in [1.82, 2.24) is 14.8 Å². The molecule has 0 atom stereocenters. The average molecular weight is 368 g/mol. The highest BCUT2D eigenvalue weighted by atomic mass is 32.2. The third-order valence-electron chi connectivity index (χ3n) is 4.03. The molecule has 7 nitrogen and oxygen atoms in total. The number of nitrogens with zero attached hydrogens (tertiary/aromatic N) is 3. The lowest BCUT2D eigenvalue weighted by molar-refractivity contribution is 0.600. The summed E-state index contributed by atoms with van der Waals surface area (Å²) in [6.07, 6.45) is 1.12. The van der Waals surface area contributed by atoms with E-state index in [1.807, 2.05) is 6.07 Å². The number of H-pyrrole nitrogens is 1. The molecule has 8 heteroatoms. The Balaban J connectivity index is 2.13. The van der Waals surface area contributed by atoms with Crippen LogP contribution in [0.2, 0.25) is 0 Å². The Hall–Kier alpha value is -3.18. The number of hydrogen-bond acceptors (Lipinski definition) is 5. The van der Waals surface area contributed by atoms with E-state index in [0.29, 0.717) is 33.9 Å². The molecule has 2 heterocycles. The Morgan fingerprint density at radius 1 is 1.12 bits per heavy atom. The standard InChI is InChI=1S/C18H16N4O3S/c1-11-15(26(3,24)25)8-9-16(20-11)22-18(23)17(12(2)21-22)14-6-4-13(10-19)5-7-14/h4-9,21H,1-3H3. The summed E-state index contributed by atoms with van der Waals surface area (Å²) in [5.74, 6) is 0.308. The molecule has 0 amide bonds. The highest BCUT2D eigenvalue weighted by molar-refractivity contribution is 7.90. The summed E-state index contributed by atoms with van der Waals surface area (Å²) >= 11 is 0. The summed E-state index contributed by atoms with van der Waals surface area (Å²) in [6, 6.07) is 11.7. The first-order valence-electron chi connectivity index (χ1n) is 7.72. The van der Waals surface area contributed by atoms with Gasteiger partial charge in [0.2, 0.25) is 0 Å². The van der Waals surface area contributed by atoms with Crippen LogP contribution < -0.4 is 5.56 Å². The minimum atomic E-state index is -3.38. The number of nitrogens with one attached hydrogen (secondary N) is 1. The topological polar surface area (TPSA) is 109 Å². The first-order valence-corrected chi connectivity index (χ1v) is 9.61. The van der Waals surface area contributed by atoms with Crippen molar-refractivity contribution in [2.45, 2.75) is 18.7 Å². The minimum absolute atomic E-state index is 0.130. The van der Waals surface area contributed by atoms with Gasteiger partial charge in [0, 0.05) is 11.9 Å². The van der Waals surface area contributed by atoms with Gasteiger partial charge in [-0.1, -0.05) is 12.1 Å². The third kappa shape index (κ3) is 3.05. The third-order valence-corrected chi connectivity index (χ3v) is 5.26. The zero-order chi connectivity index (χ0) is 19.1. The van der Waals surface area contributed by atoms with Gasteiger partial charge in [-0.2, -0.15) is 5.26 Å². The van der Waals surface area contributed by atoms with E-state index in [4.69, 9.17) is 5.26 Å². The molecule has 0 bridgehead atoms. The number of pyridine rings is 1. The first-order chi connectivity index (χ1) is 12.2. The Morgan fingerprint density at radius 2 is 1.77 bits per heavy atom. The molecule has 0 unspecified atom stereocenters. The van der Waals surface area contributed by atoms with Gasteiger partial charge < -0.3 is 0 Å². The zero-order valence-corrected chi connectivity index (χ0v) is 15.3. The van der Waals surface area contributed by atoms with Crippen molar-refractivity contribution in [3.8, 4) is 23.0 Å². The summed E-state index contributed by atoms with van der Waals surface area (Å²) in [4.78, 5) is 17.2. The normalized spacial score (nSPS) is 11.3. The van der Waals surface area contributed by atoms with Gasteiger partial charge in [-0.25, -0.2) is 18.1 Å². The molecule has 0 saturated heterocycles. The van der Waals surface area contributed by atoms with Crippen LogP contribution in [0.3, 0.4) is 0 Å². The molecule has 0 aliphatic rings. The van der Waals surface area contributed by atoms with Gasteiger partial charge in [-0.15, -0.1) is 0 Å². The molecule has 0 aliphatic carbocycles. The summed E-state index contributed by atoms with van der Waals surface area (Å²) in [7, 11) is -3.38. The molecule has 26 heavy (non-hydrogen) atoms. The fourth-order valence-electron chi connectivity index (χ4n) is 2.81. The monoisotopic (exact) mass is 368 g/mol. The number of benzene rings is 1. The summed E-state index contributed by atoms with van der Waals surface area (Å²) in [5, 5.41) is 11.9. The second-order valence-electron chi connectivity index (χ2n) is 5.97. The average Bonchev–Trinajstić information content (AvgIpc) is 2.88. The molecule has 0 saturated carbocycles. The predicted molar refractivity (Wildman–Crippen MR) is 96.9 cm³/mol. The van der Waals surface area contributed by atoms with Crippen LogP contribution >= 0.6 is 0 Å². The molecule has 132 valence electrons. The van der Waals surface area contributed by atoms with E-state index < -0.39 is 9.84 Å². The largest absolute Gasteiger partial charge is 0.293 e. The van der Waals surface area contributed by atoms with Crippen LogP contribution in [-0.2, 0) is 9.84 Å². The lowest BCUT2D eigenvalue weighted by atomic mass is 10.1. The van der Waals surface area contributed by atoms with E-state index in [1.165, 1.54) is 16.8 Å². The Morgan fingerprint density at radius 3 is 2.31 bits per heavy atom. The maximum absolute atomic E-state index is 12.8. The highest BCUT2D eigenvalue weighted by Gasteiger charge is 2.17. The number of sulfone groups is 1. The van der Waals surface area contributed by atoms with Crippen LogP contribution in [0, 0.1) is 25.2 Å². The van der Waals surface area contributed by atoms with Gasteiger partial charge in [0.25, 0.3) is 5.56 Å². The Kier molecular flexibility index (Phi) is 4.26. The smallest absolute Gasteiger partial charge is 0.280 e. The van der Waals surface area contributed by atoms with Gasteiger partial charge in [0.15, 0.2) is 15.7 Å². The number of aromatic amines is 1. The molecular weight excluding hydrogens is 352 g/mol. The predicted octanol–water partition coefficient (Wildman–Crippen LogP) is 2.12. The number of rotatable bonds is 3. The van der Waals surface area contributed by atoms with Crippen LogP contribution in [0.25, 0.3) is 16.9 Å². The van der Waals surface area contributed by atoms with Gasteiger partial charge in [-0.05, 0) is 43.7 Å². The van der Waals surface area contributed by atoms with E-state index in [1.54, 1.807) is 38.1 Å². The second kappa shape index (κ2) is 6.28. The van der Waals surface area contributed by atoms with Gasteiger partial charge >= 0.3 is 0 Å². The van der Waals surface area contributed by atoms with E-state index in [2.05, 4.69) is 10.1 Å². The number of hydrogen-bond donors (Lipinski definition) is 1. The van der Waals surface area contributed by atoms with Crippen LogP contribution in [0.5, 0.6) is 0 Å². The molecule has 0 aliphatic heterocycles. The van der Waals surface area contributed by atoms with E-state index in [-0.39, 0.29) is 10.5 Å². The quantitative estimate of drug-likeness (QED) is 0.762. The van der Waals surface area contributed by atoms with Crippen LogP contribution in [0.4, 0.5) is 0 Å². The number of aromatic nitrogens is 3. The lowest BCUT2D eigenvalue weighted by Gasteiger charge is -2.06. The molecule has 0 radical (unpaired) electrons. The lowest BCUT2D eigenvalue weighted by Crippen LogP contribution is -2.17. The molecule has 3 aromatic rings. The van der Waals surface area contributed by atoms with Crippen molar-refractivity contribution in [2.24, 2.45) is 0 Å². The van der Waals surface area contributed by atoms with Gasteiger partial charge in [-0.3, -0.25) is 9.89 Å². The van der Waals surface area contributed by atoms with E-state index in [0.717, 1.165) is 6.26 Å². The van der Waals surface area contributed by atoms with Crippen molar-refractivity contribution in [3.63, 3.8) is 0 Å². The van der Waals surface area contributed by atoms with Crippen LogP contribution in [0.1, 0.15) is 17.0 Å². The van der Waals surface area contributed by atoms with Gasteiger partial charge in [0.05, 0.1) is 27.8 Å². The van der Waals surface area contributed by atoms with Crippen molar-refractivity contribution in [3.05, 3.63) is 63.7 Å². The van der Waals surface area contributed by atoms with Crippen LogP contribution in [0.15, 0.2) is 46.1 Å². The van der Waals surface area contributed by atoms with Crippen LogP contribution in [-0.4, -0.2) is 29.4 Å². The van der Waals surface area contributed by atoms with Crippen molar-refractivity contribution < 1.29 is 8.42 Å². The molecule has 0 fully saturated rings. The van der Waals surface area contributed by atoms with E-state index in [9.17, 15) is 13.2 Å². The van der Waals surface area contributed by atoms with Crippen molar-refractivity contribution in [1.29, 1.82) is 5.26 Å². The SMILES string of the molecule is Cc1nc(-n2[nH]c(C)c(-c3ccc(C#N)cc3)c2=O)ccc1S(C)(=O)=O. The highest BCUT2D eigenvalue weighted by Crippen LogP contribution is 2.21. The first kappa shape index (κ1) is 17.6. The van der Waals surface area contributed by atoms with Crippen molar-refractivity contribution in [2.75, 3.05) is 6.26 Å². The fraction of sp³-hybridized carbons (Fsp3) is 0.167. The van der Waals surface area contributed by atoms with E-state index >= 15 is 0 Å². The molecule has 2 aromatic heterocycles. The Bertz CT molecular complexity index is 1200. The zero-order valence-electron chi connectivity index (χ0n) is 14.4. The number of aryl methyl sites for hydroxylation is 2. The van der Waals surface area contributed by atoms with Crippen molar-refractivity contribution >= 4 is 9.84 Å². The second-order valence-corrected chi connectivity index (χ2v) is 7.95. The Labute approximate surface area is 150 Å². The minimum Gasteiger partial charge on any atom is -0.293 e. The summed E-state index contributed by atoms with van der Waals surface area (Å²) < 4.78 is 24.7. The fourth-order valence-corrected chi connectivity index (χ4v) is 3.71. The summed E-state index contributed by atoms with van der Waals surface area (Å²) in [6.45, 7) is 3.35. The molecular formula is C18H16N4O3S. The summed E-state index contributed by atoms with van der Waals surface area (Å²) in [5.41, 5.74) is 2.34. The molecule has 1 N–H and O–H groups in total. The maximum Gasteiger partial charge on any atom is 0.280 e. The number of nitriles is 1. The van der Waals surface area contributed by atoms with Gasteiger partial charge in [0.1, 0.15) is 0 Å². The molecule has 3 rings (SSSR count). The molecule has 0 spiro atoms.